The SMILES string of the molecule is O=S(=O)(NCCCn1ccc2cccnc21)c1ccc(C(F)(F)F)cc1. The molecule has 0 spiro atoms. The zero-order valence-corrected chi connectivity index (χ0v) is 14.4. The van der Waals surface area contributed by atoms with Crippen molar-refractivity contribution in [3.63, 3.8) is 0 Å². The minimum atomic E-state index is -4.50. The summed E-state index contributed by atoms with van der Waals surface area (Å²) in [5.41, 5.74) is -0.0680. The molecule has 0 bridgehead atoms. The number of aryl methyl sites for hydroxylation is 1. The second-order valence-corrected chi connectivity index (χ2v) is 7.47. The average molecular weight is 383 g/mol. The fourth-order valence-corrected chi connectivity index (χ4v) is 3.64. The predicted octanol–water partition coefficient (Wildman–Crippen LogP) is 3.42. The number of sulfonamides is 1. The number of hydrogen-bond donors (Lipinski definition) is 1. The van der Waals surface area contributed by atoms with Gasteiger partial charge >= 0.3 is 6.18 Å². The molecule has 1 N–H and O–H groups in total. The van der Waals surface area contributed by atoms with Gasteiger partial charge in [-0.2, -0.15) is 13.2 Å². The zero-order chi connectivity index (χ0) is 18.8. The number of aromatic nitrogens is 2. The van der Waals surface area contributed by atoms with Crippen molar-refractivity contribution in [3.05, 3.63) is 60.4 Å². The Labute approximate surface area is 148 Å². The maximum atomic E-state index is 12.5. The fraction of sp³-hybridized carbons (Fsp3) is 0.235. The number of benzene rings is 1. The quantitative estimate of drug-likeness (QED) is 0.664. The molecule has 5 nitrogen and oxygen atoms in total. The Morgan fingerprint density at radius 2 is 1.81 bits per heavy atom. The molecule has 0 aliphatic rings. The zero-order valence-electron chi connectivity index (χ0n) is 13.6. The summed E-state index contributed by atoms with van der Waals surface area (Å²) in [6.07, 6.45) is -0.419. The van der Waals surface area contributed by atoms with E-state index in [0.29, 0.717) is 13.0 Å². The van der Waals surface area contributed by atoms with Gasteiger partial charge in [-0.1, -0.05) is 0 Å². The van der Waals surface area contributed by atoms with Crippen LogP contribution in [0.25, 0.3) is 11.0 Å². The molecule has 0 atom stereocenters. The van der Waals surface area contributed by atoms with Gasteiger partial charge in [0.15, 0.2) is 0 Å². The number of pyridine rings is 1. The first-order chi connectivity index (χ1) is 12.3. The van der Waals surface area contributed by atoms with Crippen LogP contribution in [-0.2, 0) is 22.7 Å². The van der Waals surface area contributed by atoms with Crippen LogP contribution in [0.4, 0.5) is 13.2 Å². The highest BCUT2D eigenvalue weighted by Gasteiger charge is 2.30. The summed E-state index contributed by atoms with van der Waals surface area (Å²) in [5, 5.41) is 0.998. The fourth-order valence-electron chi connectivity index (χ4n) is 2.56. The molecule has 0 fully saturated rings. The molecule has 0 radical (unpaired) electrons. The lowest BCUT2D eigenvalue weighted by Gasteiger charge is -2.10. The predicted molar refractivity (Wildman–Crippen MR) is 91.0 cm³/mol. The van der Waals surface area contributed by atoms with Gasteiger partial charge in [-0.05, 0) is 48.9 Å². The number of halogens is 3. The van der Waals surface area contributed by atoms with Crippen LogP contribution in [0.15, 0.2) is 59.8 Å². The lowest BCUT2D eigenvalue weighted by atomic mass is 10.2. The van der Waals surface area contributed by atoms with Gasteiger partial charge in [0, 0.05) is 30.9 Å². The number of fused-ring (bicyclic) bond motifs is 1. The van der Waals surface area contributed by atoms with E-state index in [-0.39, 0.29) is 11.4 Å². The van der Waals surface area contributed by atoms with Crippen molar-refractivity contribution >= 4 is 21.1 Å². The van der Waals surface area contributed by atoms with E-state index in [1.807, 2.05) is 29.0 Å². The Bertz CT molecular complexity index is 996. The second-order valence-electron chi connectivity index (χ2n) is 5.70. The molecule has 2 aromatic heterocycles. The lowest BCUT2D eigenvalue weighted by molar-refractivity contribution is -0.137. The van der Waals surface area contributed by atoms with Crippen LogP contribution in [0.2, 0.25) is 0 Å². The highest BCUT2D eigenvalue weighted by Crippen LogP contribution is 2.29. The highest BCUT2D eigenvalue weighted by molar-refractivity contribution is 7.89. The summed E-state index contributed by atoms with van der Waals surface area (Å²) in [6.45, 7) is 0.728. The van der Waals surface area contributed by atoms with Crippen molar-refractivity contribution in [2.24, 2.45) is 0 Å². The van der Waals surface area contributed by atoms with E-state index in [1.165, 1.54) is 0 Å². The first-order valence-corrected chi connectivity index (χ1v) is 9.32. The normalized spacial score (nSPS) is 12.6. The van der Waals surface area contributed by atoms with Crippen LogP contribution in [-0.4, -0.2) is 24.5 Å². The van der Waals surface area contributed by atoms with E-state index in [1.54, 1.807) is 6.20 Å². The van der Waals surface area contributed by atoms with Gasteiger partial charge in [-0.15, -0.1) is 0 Å². The van der Waals surface area contributed by atoms with Gasteiger partial charge in [0.1, 0.15) is 5.65 Å². The number of hydrogen-bond acceptors (Lipinski definition) is 3. The van der Waals surface area contributed by atoms with Gasteiger partial charge in [0.25, 0.3) is 0 Å². The Morgan fingerprint density at radius 1 is 1.08 bits per heavy atom. The van der Waals surface area contributed by atoms with Crippen LogP contribution in [0.1, 0.15) is 12.0 Å². The third kappa shape index (κ3) is 4.05. The summed E-state index contributed by atoms with van der Waals surface area (Å²) in [7, 11) is -3.85. The third-order valence-corrected chi connectivity index (χ3v) is 5.36. The first kappa shape index (κ1) is 18.4. The van der Waals surface area contributed by atoms with Crippen molar-refractivity contribution in [3.8, 4) is 0 Å². The van der Waals surface area contributed by atoms with Crippen LogP contribution < -0.4 is 4.72 Å². The Morgan fingerprint density at radius 3 is 2.50 bits per heavy atom. The average Bonchev–Trinajstić information content (AvgIpc) is 3.01. The molecule has 0 unspecified atom stereocenters. The maximum Gasteiger partial charge on any atom is 0.416 e. The van der Waals surface area contributed by atoms with Crippen molar-refractivity contribution in [2.45, 2.75) is 24.0 Å². The molecule has 1 aromatic carbocycles. The van der Waals surface area contributed by atoms with Crippen molar-refractivity contribution in [2.75, 3.05) is 6.54 Å². The smallest absolute Gasteiger partial charge is 0.332 e. The van der Waals surface area contributed by atoms with Gasteiger partial charge in [0.2, 0.25) is 10.0 Å². The summed E-state index contributed by atoms with van der Waals surface area (Å²) in [4.78, 5) is 4.08. The number of nitrogens with zero attached hydrogens (tertiary/aromatic N) is 2. The van der Waals surface area contributed by atoms with E-state index in [2.05, 4.69) is 9.71 Å². The molecule has 0 amide bonds. The molecule has 0 saturated heterocycles. The Hall–Kier alpha value is -2.39. The van der Waals surface area contributed by atoms with Gasteiger partial charge in [-0.25, -0.2) is 18.1 Å². The molecule has 26 heavy (non-hydrogen) atoms. The minimum Gasteiger partial charge on any atom is -0.332 e. The topological polar surface area (TPSA) is 64.0 Å². The molecular formula is C17H16F3N3O2S. The van der Waals surface area contributed by atoms with Crippen LogP contribution in [0.3, 0.4) is 0 Å². The van der Waals surface area contributed by atoms with E-state index < -0.39 is 21.8 Å². The number of rotatable bonds is 6. The standard InChI is InChI=1S/C17H16F3N3O2S/c18-17(19,20)14-4-6-15(7-5-14)26(24,25)22-10-2-11-23-12-8-13-3-1-9-21-16(13)23/h1,3-9,12,22H,2,10-11H2. The Kier molecular flexibility index (Phi) is 5.01. The van der Waals surface area contributed by atoms with Crippen molar-refractivity contribution < 1.29 is 21.6 Å². The summed E-state index contributed by atoms with van der Waals surface area (Å²) in [5.74, 6) is 0. The van der Waals surface area contributed by atoms with E-state index in [9.17, 15) is 21.6 Å². The summed E-state index contributed by atoms with van der Waals surface area (Å²) < 4.78 is 66.2. The van der Waals surface area contributed by atoms with Gasteiger partial charge < -0.3 is 4.57 Å². The lowest BCUT2D eigenvalue weighted by Crippen LogP contribution is -2.25. The molecular weight excluding hydrogens is 367 g/mol. The molecule has 138 valence electrons. The van der Waals surface area contributed by atoms with Crippen LogP contribution in [0.5, 0.6) is 0 Å². The monoisotopic (exact) mass is 383 g/mol. The van der Waals surface area contributed by atoms with E-state index in [4.69, 9.17) is 0 Å². The molecule has 0 saturated carbocycles. The van der Waals surface area contributed by atoms with E-state index >= 15 is 0 Å². The molecule has 0 aliphatic carbocycles. The van der Waals surface area contributed by atoms with Gasteiger partial charge in [0.05, 0.1) is 10.5 Å². The van der Waals surface area contributed by atoms with Crippen LogP contribution >= 0.6 is 0 Å². The highest BCUT2D eigenvalue weighted by atomic mass is 32.2. The summed E-state index contributed by atoms with van der Waals surface area (Å²) in [6, 6.07) is 9.12. The minimum absolute atomic E-state index is 0.163. The molecule has 0 aliphatic heterocycles. The number of nitrogens with one attached hydrogen (secondary N) is 1. The second kappa shape index (κ2) is 7.08. The van der Waals surface area contributed by atoms with Crippen LogP contribution in [0, 0.1) is 0 Å². The van der Waals surface area contributed by atoms with Crippen molar-refractivity contribution in [1.29, 1.82) is 0 Å². The summed E-state index contributed by atoms with van der Waals surface area (Å²) >= 11 is 0. The molecule has 3 rings (SSSR count). The van der Waals surface area contributed by atoms with Crippen molar-refractivity contribution in [1.82, 2.24) is 14.3 Å². The molecule has 2 heterocycles. The number of alkyl halides is 3. The first-order valence-electron chi connectivity index (χ1n) is 7.84. The maximum absolute atomic E-state index is 12.5. The van der Waals surface area contributed by atoms with E-state index in [0.717, 1.165) is 35.3 Å². The third-order valence-electron chi connectivity index (χ3n) is 3.88. The molecule has 9 heteroatoms. The largest absolute Gasteiger partial charge is 0.416 e. The van der Waals surface area contributed by atoms with Gasteiger partial charge in [-0.3, -0.25) is 0 Å². The Balaban J connectivity index is 1.58. The molecule has 3 aromatic rings.